The third-order valence-corrected chi connectivity index (χ3v) is 5.83. The van der Waals surface area contributed by atoms with E-state index in [0.29, 0.717) is 17.4 Å². The number of rotatable bonds is 5. The fourth-order valence-corrected chi connectivity index (χ4v) is 4.50. The Hall–Kier alpha value is -0.590. The molecule has 0 spiro atoms. The second kappa shape index (κ2) is 5.89. The molecule has 3 aliphatic rings. The van der Waals surface area contributed by atoms with Gasteiger partial charge in [-0.2, -0.15) is 5.26 Å². The van der Waals surface area contributed by atoms with Crippen molar-refractivity contribution in [2.75, 3.05) is 19.6 Å². The van der Waals surface area contributed by atoms with Gasteiger partial charge in [-0.15, -0.1) is 0 Å². The summed E-state index contributed by atoms with van der Waals surface area (Å²) in [5, 5.41) is 13.4. The van der Waals surface area contributed by atoms with E-state index >= 15 is 0 Å². The molecule has 3 heteroatoms. The third-order valence-electron chi connectivity index (χ3n) is 5.83. The van der Waals surface area contributed by atoms with E-state index in [4.69, 9.17) is 0 Å². The van der Waals surface area contributed by atoms with Gasteiger partial charge in [-0.05, 0) is 69.4 Å². The van der Waals surface area contributed by atoms with Crippen LogP contribution in [-0.4, -0.2) is 36.1 Å². The summed E-state index contributed by atoms with van der Waals surface area (Å²) in [5.74, 6) is 0.563. The molecule has 118 valence electrons. The molecule has 3 fully saturated rings. The Morgan fingerprint density at radius 3 is 2.67 bits per heavy atom. The van der Waals surface area contributed by atoms with Crippen molar-refractivity contribution in [1.29, 1.82) is 5.26 Å². The smallest absolute Gasteiger partial charge is 0.109 e. The minimum absolute atomic E-state index is 0.202. The number of likely N-dealkylation sites (tertiary alicyclic amines) is 1. The molecule has 3 rings (SSSR count). The van der Waals surface area contributed by atoms with Gasteiger partial charge in [0.25, 0.3) is 0 Å². The Balaban J connectivity index is 1.55. The zero-order valence-electron chi connectivity index (χ0n) is 13.8. The highest BCUT2D eigenvalue weighted by atomic mass is 15.1. The summed E-state index contributed by atoms with van der Waals surface area (Å²) >= 11 is 0. The monoisotopic (exact) mass is 289 g/mol. The van der Waals surface area contributed by atoms with Crippen LogP contribution in [0.1, 0.15) is 65.2 Å². The molecule has 0 amide bonds. The fraction of sp³-hybridized carbons (Fsp3) is 0.944. The molecular formula is C18H31N3. The van der Waals surface area contributed by atoms with Gasteiger partial charge in [0.05, 0.1) is 6.07 Å². The maximum absolute atomic E-state index is 9.76. The predicted molar refractivity (Wildman–Crippen MR) is 85.9 cm³/mol. The Kier molecular flexibility index (Phi) is 4.30. The molecule has 2 saturated carbocycles. The van der Waals surface area contributed by atoms with Crippen LogP contribution in [0.2, 0.25) is 0 Å². The maximum Gasteiger partial charge on any atom is 0.109 e. The molecule has 0 radical (unpaired) electrons. The second-order valence-corrected chi connectivity index (χ2v) is 8.42. The molecule has 1 N–H and O–H groups in total. The van der Waals surface area contributed by atoms with Crippen LogP contribution in [0.25, 0.3) is 0 Å². The normalized spacial score (nSPS) is 36.5. The molecule has 2 atom stereocenters. The van der Waals surface area contributed by atoms with Gasteiger partial charge >= 0.3 is 0 Å². The van der Waals surface area contributed by atoms with Gasteiger partial charge in [0, 0.05) is 12.6 Å². The summed E-state index contributed by atoms with van der Waals surface area (Å²) in [5.41, 5.74) is 0.277. The highest BCUT2D eigenvalue weighted by molar-refractivity contribution is 5.16. The van der Waals surface area contributed by atoms with Gasteiger partial charge in [0.15, 0.2) is 0 Å². The molecule has 0 bridgehead atoms. The van der Waals surface area contributed by atoms with E-state index in [0.717, 1.165) is 6.42 Å². The first kappa shape index (κ1) is 15.3. The summed E-state index contributed by atoms with van der Waals surface area (Å²) < 4.78 is 0. The van der Waals surface area contributed by atoms with Gasteiger partial charge < -0.3 is 4.90 Å². The molecule has 1 aliphatic heterocycles. The highest BCUT2D eigenvalue weighted by Crippen LogP contribution is 2.40. The van der Waals surface area contributed by atoms with E-state index in [2.05, 4.69) is 30.1 Å². The van der Waals surface area contributed by atoms with Gasteiger partial charge in [-0.3, -0.25) is 5.32 Å². The highest BCUT2D eigenvalue weighted by Gasteiger charge is 2.46. The molecule has 1 saturated heterocycles. The number of nitrogens with zero attached hydrogens (tertiary/aromatic N) is 2. The lowest BCUT2D eigenvalue weighted by Gasteiger charge is -2.39. The first-order chi connectivity index (χ1) is 10.0. The molecule has 0 aromatic rings. The largest absolute Gasteiger partial charge is 0.303 e. The lowest BCUT2D eigenvalue weighted by Crippen LogP contribution is -2.49. The summed E-state index contributed by atoms with van der Waals surface area (Å²) in [6.07, 6.45) is 9.97. The van der Waals surface area contributed by atoms with Crippen LogP contribution in [0.5, 0.6) is 0 Å². The second-order valence-electron chi connectivity index (χ2n) is 8.42. The fourth-order valence-electron chi connectivity index (χ4n) is 4.50. The number of hydrogen-bond acceptors (Lipinski definition) is 3. The zero-order chi connectivity index (χ0) is 14.9. The summed E-state index contributed by atoms with van der Waals surface area (Å²) in [6.45, 7) is 8.46. The first-order valence-corrected chi connectivity index (χ1v) is 8.94. The molecule has 1 heterocycles. The van der Waals surface area contributed by atoms with Crippen LogP contribution in [0.3, 0.4) is 0 Å². The van der Waals surface area contributed by atoms with Crippen molar-refractivity contribution in [3.63, 3.8) is 0 Å². The van der Waals surface area contributed by atoms with E-state index in [1.807, 2.05) is 0 Å². The number of piperidine rings is 1. The van der Waals surface area contributed by atoms with E-state index in [9.17, 15) is 5.26 Å². The average molecular weight is 289 g/mol. The van der Waals surface area contributed by atoms with Crippen molar-refractivity contribution in [2.24, 2.45) is 11.3 Å². The van der Waals surface area contributed by atoms with Crippen LogP contribution >= 0.6 is 0 Å². The van der Waals surface area contributed by atoms with E-state index in [1.165, 1.54) is 64.6 Å². The average Bonchev–Trinajstić information content (AvgIpc) is 3.15. The predicted octanol–water partition coefficient (Wildman–Crippen LogP) is 3.31. The Morgan fingerprint density at radius 2 is 2.00 bits per heavy atom. The van der Waals surface area contributed by atoms with Crippen molar-refractivity contribution in [2.45, 2.75) is 76.8 Å². The van der Waals surface area contributed by atoms with Crippen LogP contribution in [-0.2, 0) is 0 Å². The molecule has 0 aromatic heterocycles. The molecule has 21 heavy (non-hydrogen) atoms. The summed E-state index contributed by atoms with van der Waals surface area (Å²) in [4.78, 5) is 2.64. The van der Waals surface area contributed by atoms with Gasteiger partial charge in [0.1, 0.15) is 5.54 Å². The molecular weight excluding hydrogens is 258 g/mol. The van der Waals surface area contributed by atoms with Crippen molar-refractivity contribution in [3.05, 3.63) is 0 Å². The van der Waals surface area contributed by atoms with Crippen molar-refractivity contribution in [3.8, 4) is 6.07 Å². The number of hydrogen-bond donors (Lipinski definition) is 1. The standard InChI is InChI=1S/C18H31N3/c1-17(2)9-4-11-21(14-17)12-8-15-5-3-10-18(15,13-19)20-16-6-7-16/h15-16,20H,3-12,14H2,1-2H3. The Bertz CT molecular complexity index is 407. The SMILES string of the molecule is CC1(C)CCCN(CCC2CCCC2(C#N)NC2CC2)C1. The molecule has 2 unspecified atom stereocenters. The topological polar surface area (TPSA) is 39.1 Å². The molecule has 2 aliphatic carbocycles. The minimum atomic E-state index is -0.202. The van der Waals surface area contributed by atoms with E-state index in [1.54, 1.807) is 0 Å². The van der Waals surface area contributed by atoms with Gasteiger partial charge in [0.2, 0.25) is 0 Å². The Morgan fingerprint density at radius 1 is 1.19 bits per heavy atom. The van der Waals surface area contributed by atoms with Gasteiger partial charge in [-0.1, -0.05) is 20.3 Å². The van der Waals surface area contributed by atoms with Crippen LogP contribution in [0, 0.1) is 22.7 Å². The van der Waals surface area contributed by atoms with Crippen LogP contribution in [0.15, 0.2) is 0 Å². The van der Waals surface area contributed by atoms with E-state index < -0.39 is 0 Å². The minimum Gasteiger partial charge on any atom is -0.303 e. The van der Waals surface area contributed by atoms with Gasteiger partial charge in [-0.25, -0.2) is 0 Å². The summed E-state index contributed by atoms with van der Waals surface area (Å²) in [7, 11) is 0. The van der Waals surface area contributed by atoms with Crippen LogP contribution < -0.4 is 5.32 Å². The lowest BCUT2D eigenvalue weighted by molar-refractivity contribution is 0.107. The zero-order valence-corrected chi connectivity index (χ0v) is 13.8. The van der Waals surface area contributed by atoms with E-state index in [-0.39, 0.29) is 5.54 Å². The maximum atomic E-state index is 9.76. The molecule has 3 nitrogen and oxygen atoms in total. The quantitative estimate of drug-likeness (QED) is 0.844. The first-order valence-electron chi connectivity index (χ1n) is 8.94. The van der Waals surface area contributed by atoms with Crippen molar-refractivity contribution >= 4 is 0 Å². The molecule has 0 aromatic carbocycles. The number of nitrogens with one attached hydrogen (secondary N) is 1. The third kappa shape index (κ3) is 3.60. The van der Waals surface area contributed by atoms with Crippen molar-refractivity contribution < 1.29 is 0 Å². The lowest BCUT2D eigenvalue weighted by atomic mass is 9.82. The summed E-state index contributed by atoms with van der Waals surface area (Å²) in [6, 6.07) is 3.31. The van der Waals surface area contributed by atoms with Crippen LogP contribution in [0.4, 0.5) is 0 Å². The van der Waals surface area contributed by atoms with Crippen molar-refractivity contribution in [1.82, 2.24) is 10.2 Å². The number of nitriles is 1. The Labute approximate surface area is 130 Å².